The Morgan fingerprint density at radius 3 is 2.43 bits per heavy atom. The van der Waals surface area contributed by atoms with E-state index in [9.17, 15) is 4.79 Å². The van der Waals surface area contributed by atoms with Crippen LogP contribution in [0.15, 0.2) is 59.2 Å². The molecule has 7 heteroatoms. The number of carbonyl (C=O) groups is 1. The monoisotopic (exact) mass is 377 g/mol. The van der Waals surface area contributed by atoms with Crippen LogP contribution in [0.1, 0.15) is 12.5 Å². The Hall–Kier alpha value is -3.35. The Balaban J connectivity index is 1.31. The van der Waals surface area contributed by atoms with Crippen LogP contribution in [0.4, 0.5) is 16.3 Å². The van der Waals surface area contributed by atoms with Gasteiger partial charge in [-0.2, -0.15) is 0 Å². The average Bonchev–Trinajstić information content (AvgIpc) is 3.29. The van der Waals surface area contributed by atoms with E-state index in [0.717, 1.165) is 31.0 Å². The summed E-state index contributed by atoms with van der Waals surface area (Å²) in [5, 5.41) is 11.5. The molecule has 1 aliphatic heterocycles. The number of aryl methyl sites for hydroxylation is 1. The minimum Gasteiger partial charge on any atom is -0.463 e. The highest BCUT2D eigenvalue weighted by Gasteiger charge is 2.22. The van der Waals surface area contributed by atoms with Gasteiger partial charge in [0.1, 0.15) is 5.69 Å². The second kappa shape index (κ2) is 8.12. The topological polar surface area (TPSA) is 74.5 Å². The second-order valence-electron chi connectivity index (χ2n) is 6.71. The predicted octanol–water partition coefficient (Wildman–Crippen LogP) is 3.65. The number of nitrogens with one attached hydrogen (secondary N) is 1. The number of furan rings is 1. The number of piperazine rings is 1. The Labute approximate surface area is 164 Å². The van der Waals surface area contributed by atoms with Crippen LogP contribution in [0.3, 0.4) is 0 Å². The molecule has 0 bridgehead atoms. The van der Waals surface area contributed by atoms with Crippen molar-refractivity contribution in [2.45, 2.75) is 13.3 Å². The molecular formula is C21H23N5O2. The summed E-state index contributed by atoms with van der Waals surface area (Å²) in [6.07, 6.45) is 2.61. The lowest BCUT2D eigenvalue weighted by Crippen LogP contribution is -2.50. The van der Waals surface area contributed by atoms with Crippen LogP contribution < -0.4 is 10.2 Å². The van der Waals surface area contributed by atoms with E-state index in [1.807, 2.05) is 53.4 Å². The molecule has 1 fully saturated rings. The summed E-state index contributed by atoms with van der Waals surface area (Å²) in [4.78, 5) is 16.5. The van der Waals surface area contributed by atoms with E-state index < -0.39 is 0 Å². The van der Waals surface area contributed by atoms with E-state index in [1.165, 1.54) is 5.56 Å². The molecule has 4 rings (SSSR count). The van der Waals surface area contributed by atoms with Crippen molar-refractivity contribution >= 4 is 17.5 Å². The lowest BCUT2D eigenvalue weighted by molar-refractivity contribution is 0.208. The van der Waals surface area contributed by atoms with E-state index in [1.54, 1.807) is 6.26 Å². The highest BCUT2D eigenvalue weighted by molar-refractivity contribution is 5.89. The van der Waals surface area contributed by atoms with Crippen molar-refractivity contribution < 1.29 is 9.21 Å². The fraction of sp³-hybridized carbons (Fsp3) is 0.286. The van der Waals surface area contributed by atoms with Crippen LogP contribution >= 0.6 is 0 Å². The van der Waals surface area contributed by atoms with Gasteiger partial charge in [0.05, 0.1) is 6.26 Å². The molecule has 1 saturated heterocycles. The Morgan fingerprint density at radius 1 is 1.04 bits per heavy atom. The normalized spacial score (nSPS) is 14.2. The van der Waals surface area contributed by atoms with E-state index >= 15 is 0 Å². The van der Waals surface area contributed by atoms with Crippen LogP contribution in [-0.2, 0) is 6.42 Å². The first-order valence-electron chi connectivity index (χ1n) is 9.50. The van der Waals surface area contributed by atoms with Crippen molar-refractivity contribution in [1.82, 2.24) is 15.1 Å². The first-order valence-corrected chi connectivity index (χ1v) is 9.50. The maximum Gasteiger partial charge on any atom is 0.321 e. The molecular weight excluding hydrogens is 354 g/mol. The Kier molecular flexibility index (Phi) is 5.23. The molecule has 7 nitrogen and oxygen atoms in total. The SMILES string of the molecule is CCc1ccc(NC(=O)N2CCN(c3ccc(-c4ccco4)nn3)CC2)cc1. The van der Waals surface area contributed by atoms with E-state index in [4.69, 9.17) is 4.42 Å². The molecule has 0 saturated carbocycles. The van der Waals surface area contributed by atoms with Gasteiger partial charge in [-0.3, -0.25) is 0 Å². The van der Waals surface area contributed by atoms with Crippen molar-refractivity contribution in [3.05, 3.63) is 60.4 Å². The number of aromatic nitrogens is 2. The maximum atomic E-state index is 12.5. The van der Waals surface area contributed by atoms with Gasteiger partial charge in [-0.05, 0) is 48.4 Å². The van der Waals surface area contributed by atoms with Gasteiger partial charge >= 0.3 is 6.03 Å². The van der Waals surface area contributed by atoms with Gasteiger partial charge in [0.2, 0.25) is 0 Å². The van der Waals surface area contributed by atoms with Crippen molar-refractivity contribution in [2.24, 2.45) is 0 Å². The fourth-order valence-electron chi connectivity index (χ4n) is 3.21. The van der Waals surface area contributed by atoms with Crippen LogP contribution in [0, 0.1) is 0 Å². The van der Waals surface area contributed by atoms with Gasteiger partial charge in [-0.1, -0.05) is 19.1 Å². The summed E-state index contributed by atoms with van der Waals surface area (Å²) in [5.74, 6) is 1.51. The smallest absolute Gasteiger partial charge is 0.321 e. The summed E-state index contributed by atoms with van der Waals surface area (Å²) in [6.45, 7) is 4.83. The average molecular weight is 377 g/mol. The summed E-state index contributed by atoms with van der Waals surface area (Å²) < 4.78 is 5.34. The first-order chi connectivity index (χ1) is 13.7. The summed E-state index contributed by atoms with van der Waals surface area (Å²) >= 11 is 0. The fourth-order valence-corrected chi connectivity index (χ4v) is 3.21. The van der Waals surface area contributed by atoms with Crippen LogP contribution in [0.5, 0.6) is 0 Å². The molecule has 28 heavy (non-hydrogen) atoms. The number of anilines is 2. The zero-order chi connectivity index (χ0) is 19.3. The third-order valence-electron chi connectivity index (χ3n) is 4.93. The number of hydrogen-bond donors (Lipinski definition) is 1. The molecule has 0 aliphatic carbocycles. The van der Waals surface area contributed by atoms with Gasteiger partial charge in [0, 0.05) is 31.9 Å². The quantitative estimate of drug-likeness (QED) is 0.751. The molecule has 2 amide bonds. The minimum atomic E-state index is -0.0665. The third-order valence-corrected chi connectivity index (χ3v) is 4.93. The molecule has 1 aromatic carbocycles. The first kappa shape index (κ1) is 18.0. The van der Waals surface area contributed by atoms with Gasteiger partial charge in [0.25, 0.3) is 0 Å². The molecule has 3 heterocycles. The van der Waals surface area contributed by atoms with Crippen molar-refractivity contribution in [2.75, 3.05) is 36.4 Å². The molecule has 3 aromatic rings. The number of nitrogens with zero attached hydrogens (tertiary/aromatic N) is 4. The van der Waals surface area contributed by atoms with Crippen molar-refractivity contribution in [3.8, 4) is 11.5 Å². The number of hydrogen-bond acceptors (Lipinski definition) is 5. The van der Waals surface area contributed by atoms with E-state index in [-0.39, 0.29) is 6.03 Å². The zero-order valence-corrected chi connectivity index (χ0v) is 15.8. The van der Waals surface area contributed by atoms with Gasteiger partial charge in [-0.15, -0.1) is 10.2 Å². The number of amides is 2. The van der Waals surface area contributed by atoms with Crippen molar-refractivity contribution in [1.29, 1.82) is 0 Å². The number of carbonyl (C=O) groups excluding carboxylic acids is 1. The highest BCUT2D eigenvalue weighted by atomic mass is 16.3. The lowest BCUT2D eigenvalue weighted by Gasteiger charge is -2.35. The van der Waals surface area contributed by atoms with Crippen LogP contribution in [0.25, 0.3) is 11.5 Å². The molecule has 0 radical (unpaired) electrons. The maximum absolute atomic E-state index is 12.5. The van der Waals surface area contributed by atoms with E-state index in [2.05, 4.69) is 27.3 Å². The molecule has 0 atom stereocenters. The number of benzene rings is 1. The predicted molar refractivity (Wildman–Crippen MR) is 108 cm³/mol. The number of urea groups is 1. The van der Waals surface area contributed by atoms with Gasteiger partial charge < -0.3 is 19.5 Å². The molecule has 1 aliphatic rings. The standard InChI is InChI=1S/C21H23N5O2/c1-2-16-5-7-17(8-6-16)22-21(27)26-13-11-25(12-14-26)20-10-9-18(23-24-20)19-4-3-15-28-19/h3-10,15H,2,11-14H2,1H3,(H,22,27). The van der Waals surface area contributed by atoms with Crippen LogP contribution in [-0.4, -0.2) is 47.3 Å². The molecule has 0 unspecified atom stereocenters. The summed E-state index contributed by atoms with van der Waals surface area (Å²) in [7, 11) is 0. The molecule has 1 N–H and O–H groups in total. The lowest BCUT2D eigenvalue weighted by atomic mass is 10.1. The molecule has 144 valence electrons. The van der Waals surface area contributed by atoms with E-state index in [0.29, 0.717) is 24.5 Å². The Morgan fingerprint density at radius 2 is 1.82 bits per heavy atom. The summed E-state index contributed by atoms with van der Waals surface area (Å²) in [5.41, 5.74) is 2.79. The van der Waals surface area contributed by atoms with Gasteiger partial charge in [0.15, 0.2) is 11.6 Å². The van der Waals surface area contributed by atoms with Crippen molar-refractivity contribution in [3.63, 3.8) is 0 Å². The number of rotatable bonds is 4. The highest BCUT2D eigenvalue weighted by Crippen LogP contribution is 2.20. The molecule has 2 aromatic heterocycles. The summed E-state index contributed by atoms with van der Waals surface area (Å²) in [6, 6.07) is 15.4. The third kappa shape index (κ3) is 3.98. The largest absolute Gasteiger partial charge is 0.463 e. The zero-order valence-electron chi connectivity index (χ0n) is 15.8. The second-order valence-corrected chi connectivity index (χ2v) is 6.71. The molecule has 0 spiro atoms. The van der Waals surface area contributed by atoms with Gasteiger partial charge in [-0.25, -0.2) is 4.79 Å². The van der Waals surface area contributed by atoms with Crippen LogP contribution in [0.2, 0.25) is 0 Å². The minimum absolute atomic E-state index is 0.0665. The Bertz CT molecular complexity index is 899.